The number of rotatable bonds is 8. The second-order valence-corrected chi connectivity index (χ2v) is 9.62. The maximum absolute atomic E-state index is 10.6. The molecule has 0 radical (unpaired) electrons. The van der Waals surface area contributed by atoms with Crippen LogP contribution >= 0.6 is 0 Å². The van der Waals surface area contributed by atoms with Gasteiger partial charge in [0.1, 0.15) is 6.10 Å². The molecule has 0 bridgehead atoms. The fraction of sp³-hybridized carbons (Fsp3) is 0.444. The van der Waals surface area contributed by atoms with E-state index in [0.29, 0.717) is 24.8 Å². The van der Waals surface area contributed by atoms with Crippen LogP contribution in [0, 0.1) is 0 Å². The van der Waals surface area contributed by atoms with E-state index >= 15 is 0 Å². The molecule has 7 nitrogen and oxygen atoms in total. The molecule has 7 heteroatoms. The number of carboxylic acid groups (broad SMARTS) is 1. The van der Waals surface area contributed by atoms with Crippen molar-refractivity contribution in [2.45, 2.75) is 63.0 Å². The molecule has 0 unspecified atom stereocenters. The highest BCUT2D eigenvalue weighted by atomic mass is 16.7. The van der Waals surface area contributed by atoms with Crippen molar-refractivity contribution >= 4 is 6.16 Å². The molecular weight excluding hydrogens is 430 g/mol. The lowest BCUT2D eigenvalue weighted by Gasteiger charge is -2.38. The Morgan fingerprint density at radius 2 is 1.79 bits per heavy atom. The largest absolute Gasteiger partial charge is 0.506 e. The van der Waals surface area contributed by atoms with Gasteiger partial charge in [0.25, 0.3) is 0 Å². The molecule has 2 heterocycles. The fourth-order valence-electron chi connectivity index (χ4n) is 5.41. The molecule has 1 aromatic heterocycles. The molecular formula is C27H31N3O4. The molecule has 5 rings (SSSR count). The third kappa shape index (κ3) is 5.14. The average Bonchev–Trinajstić information content (AvgIpc) is 3.32. The smallest absolute Gasteiger partial charge is 0.450 e. The molecule has 2 fully saturated rings. The van der Waals surface area contributed by atoms with E-state index in [1.165, 1.54) is 37.7 Å². The number of likely N-dealkylation sites (tertiary alicyclic amines) is 1. The normalized spacial score (nSPS) is 18.4. The van der Waals surface area contributed by atoms with E-state index in [0.717, 1.165) is 30.5 Å². The van der Waals surface area contributed by atoms with Crippen LogP contribution in [0.3, 0.4) is 0 Å². The molecule has 2 aliphatic rings. The number of benzene rings is 2. The van der Waals surface area contributed by atoms with E-state index in [4.69, 9.17) is 14.4 Å². The van der Waals surface area contributed by atoms with Crippen LogP contribution in [0.1, 0.15) is 55.5 Å². The van der Waals surface area contributed by atoms with E-state index < -0.39 is 6.16 Å². The Hall–Kier alpha value is -3.19. The van der Waals surface area contributed by atoms with Gasteiger partial charge >= 0.3 is 6.16 Å². The van der Waals surface area contributed by atoms with Crippen molar-refractivity contribution < 1.29 is 19.2 Å². The summed E-state index contributed by atoms with van der Waals surface area (Å²) >= 11 is 0. The van der Waals surface area contributed by atoms with Crippen molar-refractivity contribution in [1.29, 1.82) is 0 Å². The molecule has 1 N–H and O–H groups in total. The van der Waals surface area contributed by atoms with Crippen LogP contribution in [-0.2, 0) is 23.1 Å². The van der Waals surface area contributed by atoms with Gasteiger partial charge in [-0.15, -0.1) is 0 Å². The zero-order valence-electron chi connectivity index (χ0n) is 19.4. The molecule has 3 aromatic rings. The number of aromatic nitrogens is 2. The van der Waals surface area contributed by atoms with Gasteiger partial charge < -0.3 is 14.4 Å². The van der Waals surface area contributed by atoms with Crippen LogP contribution < -0.4 is 0 Å². The lowest BCUT2D eigenvalue weighted by Crippen LogP contribution is -2.52. The van der Waals surface area contributed by atoms with Gasteiger partial charge in [-0.3, -0.25) is 4.90 Å². The molecule has 178 valence electrons. The minimum absolute atomic E-state index is 0.209. The third-order valence-corrected chi connectivity index (χ3v) is 7.29. The number of hydrogen-bond donors (Lipinski definition) is 1. The van der Waals surface area contributed by atoms with Crippen LogP contribution in [0.5, 0.6) is 0 Å². The van der Waals surface area contributed by atoms with Gasteiger partial charge in [-0.1, -0.05) is 79.0 Å². The van der Waals surface area contributed by atoms with Gasteiger partial charge in [0.15, 0.2) is 0 Å². The van der Waals surface area contributed by atoms with Crippen LogP contribution in [0.15, 0.2) is 59.1 Å². The van der Waals surface area contributed by atoms with Gasteiger partial charge in [0.2, 0.25) is 11.7 Å². The van der Waals surface area contributed by atoms with E-state index in [1.807, 2.05) is 12.1 Å². The van der Waals surface area contributed by atoms with Crippen molar-refractivity contribution in [3.8, 4) is 11.4 Å². The average molecular weight is 462 g/mol. The van der Waals surface area contributed by atoms with E-state index in [2.05, 4.69) is 57.5 Å². The molecule has 1 aliphatic carbocycles. The van der Waals surface area contributed by atoms with E-state index in [1.54, 1.807) is 0 Å². The molecule has 0 spiro atoms. The quantitative estimate of drug-likeness (QED) is 0.446. The summed E-state index contributed by atoms with van der Waals surface area (Å²) in [5, 5.41) is 12.9. The lowest BCUT2D eigenvalue weighted by molar-refractivity contribution is -0.0363. The predicted octanol–water partition coefficient (Wildman–Crippen LogP) is 5.45. The minimum Gasteiger partial charge on any atom is -0.450 e. The van der Waals surface area contributed by atoms with Crippen molar-refractivity contribution in [3.05, 3.63) is 71.6 Å². The number of hydrogen-bond acceptors (Lipinski definition) is 6. The van der Waals surface area contributed by atoms with Gasteiger partial charge in [-0.25, -0.2) is 4.79 Å². The lowest BCUT2D eigenvalue weighted by atomic mass is 9.67. The summed E-state index contributed by atoms with van der Waals surface area (Å²) < 4.78 is 10.4. The number of nitrogens with zero attached hydrogens (tertiary/aromatic N) is 3. The first kappa shape index (κ1) is 22.6. The Morgan fingerprint density at radius 1 is 1.06 bits per heavy atom. The Kier molecular flexibility index (Phi) is 6.63. The summed E-state index contributed by atoms with van der Waals surface area (Å²) in [4.78, 5) is 17.4. The Bertz CT molecular complexity index is 1080. The molecule has 0 amide bonds. The predicted molar refractivity (Wildman–Crippen MR) is 127 cm³/mol. The van der Waals surface area contributed by atoms with Crippen LogP contribution in [-0.4, -0.2) is 45.5 Å². The zero-order valence-corrected chi connectivity index (χ0v) is 19.4. The number of ether oxygens (including phenoxy) is 1. The van der Waals surface area contributed by atoms with Crippen molar-refractivity contribution in [3.63, 3.8) is 0 Å². The molecule has 1 aliphatic heterocycles. The first-order chi connectivity index (χ1) is 16.6. The highest BCUT2D eigenvalue weighted by Gasteiger charge is 2.34. The van der Waals surface area contributed by atoms with Gasteiger partial charge in [0, 0.05) is 31.6 Å². The first-order valence-corrected chi connectivity index (χ1v) is 12.2. The molecule has 1 saturated carbocycles. The summed E-state index contributed by atoms with van der Waals surface area (Å²) in [6, 6.07) is 19.1. The Labute approximate surface area is 199 Å². The second kappa shape index (κ2) is 9.97. The topological polar surface area (TPSA) is 88.7 Å². The second-order valence-electron chi connectivity index (χ2n) is 9.62. The van der Waals surface area contributed by atoms with Crippen LogP contribution in [0.25, 0.3) is 11.4 Å². The standard InChI is InChI=1S/C27H31N3O4/c31-26(32)33-23-18-30(19-23)17-20-9-11-21(12-10-20)25-28-24(34-29-25)13-16-27(14-5-2-6-15-27)22-7-3-1-4-8-22/h1,3-4,7-12,23H,2,5-6,13-19H2,(H,31,32). The third-order valence-electron chi connectivity index (χ3n) is 7.29. The molecule has 34 heavy (non-hydrogen) atoms. The fourth-order valence-corrected chi connectivity index (χ4v) is 5.41. The van der Waals surface area contributed by atoms with Gasteiger partial charge in [0.05, 0.1) is 0 Å². The van der Waals surface area contributed by atoms with E-state index in [-0.39, 0.29) is 11.5 Å². The summed E-state index contributed by atoms with van der Waals surface area (Å²) in [6.45, 7) is 2.03. The van der Waals surface area contributed by atoms with Crippen LogP contribution in [0.2, 0.25) is 0 Å². The maximum atomic E-state index is 10.6. The highest BCUT2D eigenvalue weighted by molar-refractivity contribution is 5.57. The van der Waals surface area contributed by atoms with Crippen molar-refractivity contribution in [2.24, 2.45) is 0 Å². The zero-order chi connectivity index (χ0) is 23.4. The summed E-state index contributed by atoms with van der Waals surface area (Å²) in [5.41, 5.74) is 3.74. The number of carbonyl (C=O) groups is 1. The molecule has 1 saturated heterocycles. The Morgan fingerprint density at radius 3 is 2.50 bits per heavy atom. The SMILES string of the molecule is O=C(O)OC1CN(Cc2ccc(-c3noc(CCC4(c5ccccc5)CCCCC4)n3)cc2)C1. The highest BCUT2D eigenvalue weighted by Crippen LogP contribution is 2.42. The summed E-state index contributed by atoms with van der Waals surface area (Å²) in [6.07, 6.45) is 6.71. The first-order valence-electron chi connectivity index (χ1n) is 12.2. The van der Waals surface area contributed by atoms with Crippen molar-refractivity contribution in [2.75, 3.05) is 13.1 Å². The molecule has 0 atom stereocenters. The minimum atomic E-state index is -1.21. The number of aryl methyl sites for hydroxylation is 1. The maximum Gasteiger partial charge on any atom is 0.506 e. The van der Waals surface area contributed by atoms with Crippen molar-refractivity contribution in [1.82, 2.24) is 15.0 Å². The van der Waals surface area contributed by atoms with Gasteiger partial charge in [-0.05, 0) is 35.8 Å². The Balaban J connectivity index is 1.18. The monoisotopic (exact) mass is 461 g/mol. The van der Waals surface area contributed by atoms with E-state index in [9.17, 15) is 4.79 Å². The summed E-state index contributed by atoms with van der Waals surface area (Å²) in [5.74, 6) is 1.32. The summed E-state index contributed by atoms with van der Waals surface area (Å²) in [7, 11) is 0. The molecule has 2 aromatic carbocycles. The van der Waals surface area contributed by atoms with Crippen LogP contribution in [0.4, 0.5) is 4.79 Å². The van der Waals surface area contributed by atoms with Gasteiger partial charge in [-0.2, -0.15) is 4.98 Å².